The van der Waals surface area contributed by atoms with Crippen molar-refractivity contribution < 1.29 is 19.1 Å². The first kappa shape index (κ1) is 20.4. The van der Waals surface area contributed by atoms with Crippen LogP contribution in [0.5, 0.6) is 0 Å². The molecule has 6 nitrogen and oxygen atoms in total. The van der Waals surface area contributed by atoms with Gasteiger partial charge in [0.15, 0.2) is 6.61 Å². The summed E-state index contributed by atoms with van der Waals surface area (Å²) in [5.74, 6) is -0.900. The van der Waals surface area contributed by atoms with Crippen molar-refractivity contribution in [3.8, 4) is 0 Å². The van der Waals surface area contributed by atoms with Gasteiger partial charge in [0.1, 0.15) is 5.03 Å². The Hall–Kier alpha value is -2.38. The van der Waals surface area contributed by atoms with E-state index in [1.165, 1.54) is 22.9 Å². The van der Waals surface area contributed by atoms with Crippen LogP contribution in [0.4, 0.5) is 0 Å². The van der Waals surface area contributed by atoms with Gasteiger partial charge >= 0.3 is 5.97 Å². The van der Waals surface area contributed by atoms with E-state index in [-0.39, 0.29) is 18.6 Å². The van der Waals surface area contributed by atoms with Crippen molar-refractivity contribution in [1.29, 1.82) is 0 Å². The summed E-state index contributed by atoms with van der Waals surface area (Å²) in [5.41, 5.74) is 2.73. The normalized spacial score (nSPS) is 16.0. The number of hydrogen-bond acceptors (Lipinski definition) is 6. The van der Waals surface area contributed by atoms with Gasteiger partial charge in [-0.05, 0) is 62.1 Å². The molecule has 1 atom stereocenters. The first-order chi connectivity index (χ1) is 13.5. The lowest BCUT2D eigenvalue weighted by atomic mass is 10.1. The molecule has 0 unspecified atom stereocenters. The minimum absolute atomic E-state index is 0.0546. The van der Waals surface area contributed by atoms with E-state index in [1.54, 1.807) is 18.3 Å². The van der Waals surface area contributed by atoms with Crippen LogP contribution in [-0.2, 0) is 14.3 Å². The van der Waals surface area contributed by atoms with Crippen LogP contribution in [0.3, 0.4) is 0 Å². The Balaban J connectivity index is 1.57. The van der Waals surface area contributed by atoms with Gasteiger partial charge < -0.3 is 14.8 Å². The smallest absolute Gasteiger partial charge is 0.341 e. The molecule has 1 fully saturated rings. The fraction of sp³-hybridized carbons (Fsp3) is 0.381. The maximum absolute atomic E-state index is 12.5. The number of nitrogens with zero attached hydrogens (tertiary/aromatic N) is 1. The zero-order valence-electron chi connectivity index (χ0n) is 16.1. The summed E-state index contributed by atoms with van der Waals surface area (Å²) < 4.78 is 10.6. The lowest BCUT2D eigenvalue weighted by Crippen LogP contribution is -2.34. The molecule has 0 bridgehead atoms. The molecule has 3 rings (SSSR count). The molecule has 28 heavy (non-hydrogen) atoms. The predicted molar refractivity (Wildman–Crippen MR) is 107 cm³/mol. The van der Waals surface area contributed by atoms with E-state index in [0.29, 0.717) is 17.1 Å². The minimum Gasteiger partial charge on any atom is -0.452 e. The van der Waals surface area contributed by atoms with Crippen LogP contribution in [0.15, 0.2) is 46.5 Å². The fourth-order valence-corrected chi connectivity index (χ4v) is 3.78. The monoisotopic (exact) mass is 400 g/mol. The van der Waals surface area contributed by atoms with Gasteiger partial charge in [-0.3, -0.25) is 4.79 Å². The molecule has 0 aliphatic carbocycles. The molecular formula is C21H24N2O4S. The number of carbonyl (C=O) groups excluding carboxylic acids is 2. The molecule has 0 radical (unpaired) electrons. The highest BCUT2D eigenvalue weighted by molar-refractivity contribution is 7.99. The zero-order valence-corrected chi connectivity index (χ0v) is 16.9. The molecule has 0 saturated carbocycles. The standard InChI is InChI=1S/C21H24N2O4S/c1-14-7-8-17(11-15(14)2)28-20-18(6-3-9-22-20)21(25)27-13-19(24)23-12-16-5-4-10-26-16/h3,6-9,11,16H,4-5,10,12-13H2,1-2H3,(H,23,24)/t16-/m0/s1. The Morgan fingerprint density at radius 3 is 2.89 bits per heavy atom. The molecule has 2 aromatic rings. The number of pyridine rings is 1. The predicted octanol–water partition coefficient (Wildman–Crippen LogP) is 3.30. The SMILES string of the molecule is Cc1ccc(Sc2ncccc2C(=O)OCC(=O)NC[C@@H]2CCCO2)cc1C. The fourth-order valence-electron chi connectivity index (χ4n) is 2.81. The third-order valence-corrected chi connectivity index (χ3v) is 5.58. The Morgan fingerprint density at radius 2 is 2.14 bits per heavy atom. The van der Waals surface area contributed by atoms with Gasteiger partial charge in [-0.2, -0.15) is 0 Å². The molecule has 1 aliphatic heterocycles. The van der Waals surface area contributed by atoms with Crippen LogP contribution in [0.2, 0.25) is 0 Å². The quantitative estimate of drug-likeness (QED) is 0.719. The number of aromatic nitrogens is 1. The first-order valence-corrected chi connectivity index (χ1v) is 10.1. The first-order valence-electron chi connectivity index (χ1n) is 9.28. The van der Waals surface area contributed by atoms with E-state index in [1.807, 2.05) is 19.1 Å². The highest BCUT2D eigenvalue weighted by Crippen LogP contribution is 2.30. The number of aryl methyl sites for hydroxylation is 2. The van der Waals surface area contributed by atoms with Gasteiger partial charge in [-0.1, -0.05) is 17.8 Å². The topological polar surface area (TPSA) is 77.5 Å². The average Bonchev–Trinajstić information content (AvgIpc) is 3.21. The van der Waals surface area contributed by atoms with Crippen LogP contribution in [0, 0.1) is 13.8 Å². The van der Waals surface area contributed by atoms with E-state index >= 15 is 0 Å². The Morgan fingerprint density at radius 1 is 1.29 bits per heavy atom. The second-order valence-electron chi connectivity index (χ2n) is 6.72. The van der Waals surface area contributed by atoms with Gasteiger partial charge in [-0.25, -0.2) is 9.78 Å². The Bertz CT molecular complexity index is 850. The number of esters is 1. The number of hydrogen-bond donors (Lipinski definition) is 1. The maximum atomic E-state index is 12.5. The molecule has 148 valence electrons. The van der Waals surface area contributed by atoms with Crippen molar-refractivity contribution in [3.63, 3.8) is 0 Å². The van der Waals surface area contributed by atoms with Crippen molar-refractivity contribution >= 4 is 23.6 Å². The second-order valence-corrected chi connectivity index (χ2v) is 7.78. The molecule has 1 N–H and O–H groups in total. The minimum atomic E-state index is -0.563. The molecule has 1 aromatic heterocycles. The van der Waals surface area contributed by atoms with E-state index in [0.717, 1.165) is 24.3 Å². The molecule has 7 heteroatoms. The van der Waals surface area contributed by atoms with Gasteiger partial charge in [0.25, 0.3) is 5.91 Å². The third kappa shape index (κ3) is 5.56. The molecular weight excluding hydrogens is 376 g/mol. The molecule has 1 aromatic carbocycles. The highest BCUT2D eigenvalue weighted by atomic mass is 32.2. The maximum Gasteiger partial charge on any atom is 0.341 e. The van der Waals surface area contributed by atoms with E-state index < -0.39 is 5.97 Å². The van der Waals surface area contributed by atoms with E-state index in [2.05, 4.69) is 23.3 Å². The zero-order chi connectivity index (χ0) is 19.9. The Labute approximate surface area is 169 Å². The summed E-state index contributed by atoms with van der Waals surface area (Å²) in [5, 5.41) is 3.29. The van der Waals surface area contributed by atoms with Crippen molar-refractivity contribution in [3.05, 3.63) is 53.2 Å². The van der Waals surface area contributed by atoms with Crippen molar-refractivity contribution in [2.24, 2.45) is 0 Å². The summed E-state index contributed by atoms with van der Waals surface area (Å²) >= 11 is 1.40. The Kier molecular flexibility index (Phi) is 7.06. The van der Waals surface area contributed by atoms with Crippen molar-refractivity contribution in [2.75, 3.05) is 19.8 Å². The summed E-state index contributed by atoms with van der Waals surface area (Å²) in [4.78, 5) is 29.7. The van der Waals surface area contributed by atoms with E-state index in [9.17, 15) is 9.59 Å². The molecule has 1 aliphatic rings. The number of rotatable bonds is 7. The van der Waals surface area contributed by atoms with Gasteiger partial charge in [0.2, 0.25) is 0 Å². The van der Waals surface area contributed by atoms with Gasteiger partial charge in [-0.15, -0.1) is 0 Å². The van der Waals surface area contributed by atoms with Crippen LogP contribution in [0.1, 0.15) is 34.3 Å². The lowest BCUT2D eigenvalue weighted by Gasteiger charge is -2.12. The van der Waals surface area contributed by atoms with E-state index in [4.69, 9.17) is 9.47 Å². The highest BCUT2D eigenvalue weighted by Gasteiger charge is 2.18. The molecule has 2 heterocycles. The number of benzene rings is 1. The van der Waals surface area contributed by atoms with Gasteiger partial charge in [0, 0.05) is 24.2 Å². The van der Waals surface area contributed by atoms with Crippen LogP contribution >= 0.6 is 11.8 Å². The summed E-state index contributed by atoms with van der Waals surface area (Å²) in [7, 11) is 0. The average molecular weight is 401 g/mol. The number of carbonyl (C=O) groups is 2. The third-order valence-electron chi connectivity index (χ3n) is 4.57. The van der Waals surface area contributed by atoms with Crippen molar-refractivity contribution in [2.45, 2.75) is 42.7 Å². The van der Waals surface area contributed by atoms with Crippen LogP contribution in [-0.4, -0.2) is 42.7 Å². The largest absolute Gasteiger partial charge is 0.452 e. The summed E-state index contributed by atoms with van der Waals surface area (Å²) in [6, 6.07) is 9.43. The van der Waals surface area contributed by atoms with Crippen LogP contribution < -0.4 is 5.32 Å². The second kappa shape index (κ2) is 9.71. The summed E-state index contributed by atoms with van der Waals surface area (Å²) in [6.07, 6.45) is 3.64. The molecule has 1 amide bonds. The molecule has 0 spiro atoms. The van der Waals surface area contributed by atoms with Crippen molar-refractivity contribution in [1.82, 2.24) is 10.3 Å². The number of nitrogens with one attached hydrogen (secondary N) is 1. The number of ether oxygens (including phenoxy) is 2. The molecule has 1 saturated heterocycles. The van der Waals surface area contributed by atoms with Crippen LogP contribution in [0.25, 0.3) is 0 Å². The summed E-state index contributed by atoms with van der Waals surface area (Å²) in [6.45, 7) is 4.95. The lowest BCUT2D eigenvalue weighted by molar-refractivity contribution is -0.124. The van der Waals surface area contributed by atoms with Gasteiger partial charge in [0.05, 0.1) is 11.7 Å². The number of amides is 1.